The van der Waals surface area contributed by atoms with E-state index >= 15 is 0 Å². The van der Waals surface area contributed by atoms with Crippen molar-refractivity contribution in [2.75, 3.05) is 0 Å². The summed E-state index contributed by atoms with van der Waals surface area (Å²) in [6, 6.07) is 21.6. The molecule has 126 valence electrons. The number of thiazole rings is 2. The van der Waals surface area contributed by atoms with Gasteiger partial charge in [0.15, 0.2) is 0 Å². The lowest BCUT2D eigenvalue weighted by Crippen LogP contribution is -1.80. The molecule has 0 aliphatic carbocycles. The van der Waals surface area contributed by atoms with E-state index in [9.17, 15) is 0 Å². The van der Waals surface area contributed by atoms with Crippen LogP contribution < -0.4 is 0 Å². The van der Waals surface area contributed by atoms with Gasteiger partial charge in [-0.1, -0.05) is 54.1 Å². The first-order valence-corrected chi connectivity index (χ1v) is 10.1. The van der Waals surface area contributed by atoms with Gasteiger partial charge in [-0.15, -0.1) is 22.7 Å². The van der Waals surface area contributed by atoms with Crippen molar-refractivity contribution < 1.29 is 0 Å². The summed E-state index contributed by atoms with van der Waals surface area (Å²) in [5, 5.41) is 2.16. The lowest BCUT2D eigenvalue weighted by Gasteiger charge is -2.03. The highest BCUT2D eigenvalue weighted by Gasteiger charge is 2.10. The van der Waals surface area contributed by atoms with Crippen LogP contribution >= 0.6 is 22.7 Å². The topological polar surface area (TPSA) is 25.8 Å². The van der Waals surface area contributed by atoms with E-state index in [1.165, 1.54) is 26.1 Å². The molecule has 2 aromatic heterocycles. The Bertz CT molecular complexity index is 1180. The van der Waals surface area contributed by atoms with Gasteiger partial charge in [-0.25, -0.2) is 9.97 Å². The molecule has 0 aliphatic rings. The van der Waals surface area contributed by atoms with Gasteiger partial charge in [-0.2, -0.15) is 0 Å². The zero-order chi connectivity index (χ0) is 17.7. The molecule has 4 heteroatoms. The van der Waals surface area contributed by atoms with Crippen LogP contribution in [0, 0.1) is 13.8 Å². The van der Waals surface area contributed by atoms with Crippen molar-refractivity contribution in [3.63, 3.8) is 0 Å². The highest BCUT2D eigenvalue weighted by molar-refractivity contribution is 7.22. The van der Waals surface area contributed by atoms with Crippen LogP contribution in [-0.4, -0.2) is 9.97 Å². The molecular formula is C22H16N2S2. The number of rotatable bonds is 2. The van der Waals surface area contributed by atoms with E-state index in [2.05, 4.69) is 72.6 Å². The quantitative estimate of drug-likeness (QED) is 0.338. The monoisotopic (exact) mass is 372 g/mol. The number of hydrogen-bond donors (Lipinski definition) is 0. The minimum Gasteiger partial charge on any atom is -0.241 e. The summed E-state index contributed by atoms with van der Waals surface area (Å²) in [6.07, 6.45) is 0. The van der Waals surface area contributed by atoms with E-state index in [0.29, 0.717) is 0 Å². The molecule has 0 bridgehead atoms. The Morgan fingerprint density at radius 3 is 1.85 bits per heavy atom. The third-order valence-corrected chi connectivity index (χ3v) is 6.52. The summed E-state index contributed by atoms with van der Waals surface area (Å²) in [4.78, 5) is 9.45. The number of nitrogens with zero attached hydrogens (tertiary/aromatic N) is 2. The molecule has 0 unspecified atom stereocenters. The van der Waals surface area contributed by atoms with Gasteiger partial charge in [-0.3, -0.25) is 0 Å². The predicted octanol–water partition coefficient (Wildman–Crippen LogP) is 6.86. The largest absolute Gasteiger partial charge is 0.241 e. The fourth-order valence-corrected chi connectivity index (χ4v) is 4.97. The Morgan fingerprint density at radius 2 is 1.15 bits per heavy atom. The van der Waals surface area contributed by atoms with Crippen LogP contribution in [0.3, 0.4) is 0 Å². The molecule has 26 heavy (non-hydrogen) atoms. The summed E-state index contributed by atoms with van der Waals surface area (Å²) >= 11 is 3.46. The van der Waals surface area contributed by atoms with Gasteiger partial charge in [0.05, 0.1) is 25.4 Å². The maximum Gasteiger partial charge on any atom is 0.124 e. The first-order valence-electron chi connectivity index (χ1n) is 8.51. The molecule has 0 saturated carbocycles. The van der Waals surface area contributed by atoms with Gasteiger partial charge in [0, 0.05) is 5.56 Å². The molecule has 0 amide bonds. The molecule has 0 spiro atoms. The van der Waals surface area contributed by atoms with E-state index in [1.54, 1.807) is 22.7 Å². The molecule has 0 radical (unpaired) electrons. The average molecular weight is 373 g/mol. The second-order valence-corrected chi connectivity index (χ2v) is 8.75. The highest BCUT2D eigenvalue weighted by atomic mass is 32.1. The van der Waals surface area contributed by atoms with Crippen LogP contribution in [0.15, 0.2) is 60.7 Å². The molecule has 0 fully saturated rings. The summed E-state index contributed by atoms with van der Waals surface area (Å²) < 4.78 is 2.40. The van der Waals surface area contributed by atoms with Crippen LogP contribution in [0.5, 0.6) is 0 Å². The van der Waals surface area contributed by atoms with Crippen molar-refractivity contribution in [3.8, 4) is 21.7 Å². The Labute approximate surface area is 159 Å². The van der Waals surface area contributed by atoms with E-state index in [-0.39, 0.29) is 0 Å². The van der Waals surface area contributed by atoms with Crippen LogP contribution in [0.1, 0.15) is 10.6 Å². The van der Waals surface area contributed by atoms with Crippen LogP contribution in [-0.2, 0) is 0 Å². The van der Waals surface area contributed by atoms with Gasteiger partial charge < -0.3 is 0 Å². The predicted molar refractivity (Wildman–Crippen MR) is 113 cm³/mol. The second kappa shape index (κ2) is 6.01. The zero-order valence-electron chi connectivity index (χ0n) is 14.5. The van der Waals surface area contributed by atoms with Crippen LogP contribution in [0.25, 0.3) is 42.1 Å². The minimum atomic E-state index is 1.06. The second-order valence-electron chi connectivity index (χ2n) is 6.48. The van der Waals surface area contributed by atoms with Gasteiger partial charge in [0.1, 0.15) is 5.01 Å². The van der Waals surface area contributed by atoms with Gasteiger partial charge >= 0.3 is 0 Å². The fourth-order valence-electron chi connectivity index (χ4n) is 3.14. The maximum absolute atomic E-state index is 4.85. The van der Waals surface area contributed by atoms with Crippen molar-refractivity contribution in [3.05, 3.63) is 71.2 Å². The standard InChI is InChI=1S/C22H16N2S2/c1-13-3-5-15(6-4-13)16-7-9-17(10-8-16)22-24-19-12-20-18(11-21(19)26-22)23-14(2)25-20/h3-12H,1-2H3. The van der Waals surface area contributed by atoms with E-state index in [1.807, 2.05) is 6.92 Å². The third kappa shape index (κ3) is 2.71. The first kappa shape index (κ1) is 15.7. The zero-order valence-corrected chi connectivity index (χ0v) is 16.1. The molecule has 3 aromatic carbocycles. The van der Waals surface area contributed by atoms with Gasteiger partial charge in [0.25, 0.3) is 0 Å². The SMILES string of the molecule is Cc1ccc(-c2ccc(-c3nc4cc5sc(C)nc5cc4s3)cc2)cc1. The van der Waals surface area contributed by atoms with E-state index in [0.717, 1.165) is 26.6 Å². The van der Waals surface area contributed by atoms with Crippen LogP contribution in [0.4, 0.5) is 0 Å². The van der Waals surface area contributed by atoms with Crippen molar-refractivity contribution >= 4 is 43.1 Å². The molecule has 0 saturated heterocycles. The number of fused-ring (bicyclic) bond motifs is 2. The van der Waals surface area contributed by atoms with E-state index in [4.69, 9.17) is 4.98 Å². The molecule has 0 aliphatic heterocycles. The number of aryl methyl sites for hydroxylation is 2. The Balaban J connectivity index is 1.53. The van der Waals surface area contributed by atoms with Crippen LogP contribution in [0.2, 0.25) is 0 Å². The smallest absolute Gasteiger partial charge is 0.124 e. The van der Waals surface area contributed by atoms with Crippen molar-refractivity contribution in [1.82, 2.24) is 9.97 Å². The van der Waals surface area contributed by atoms with Crippen molar-refractivity contribution in [1.29, 1.82) is 0 Å². The summed E-state index contributed by atoms with van der Waals surface area (Å²) in [5.74, 6) is 0. The molecule has 5 aromatic rings. The fraction of sp³-hybridized carbons (Fsp3) is 0.0909. The number of benzene rings is 3. The molecule has 0 N–H and O–H groups in total. The Kier molecular flexibility index (Phi) is 3.62. The van der Waals surface area contributed by atoms with Crippen molar-refractivity contribution in [2.24, 2.45) is 0 Å². The summed E-state index contributed by atoms with van der Waals surface area (Å²) in [5.41, 5.74) is 7.05. The normalized spacial score (nSPS) is 11.5. The number of aromatic nitrogens is 2. The average Bonchev–Trinajstić information content (AvgIpc) is 3.21. The third-order valence-electron chi connectivity index (χ3n) is 4.52. The minimum absolute atomic E-state index is 1.06. The summed E-state index contributed by atoms with van der Waals surface area (Å²) in [6.45, 7) is 4.16. The van der Waals surface area contributed by atoms with Crippen molar-refractivity contribution in [2.45, 2.75) is 13.8 Å². The lowest BCUT2D eigenvalue weighted by atomic mass is 10.0. The van der Waals surface area contributed by atoms with E-state index < -0.39 is 0 Å². The first-order chi connectivity index (χ1) is 12.7. The lowest BCUT2D eigenvalue weighted by molar-refractivity contribution is 1.35. The van der Waals surface area contributed by atoms with Gasteiger partial charge in [-0.05, 0) is 37.1 Å². The Hall–Kier alpha value is -2.56. The molecular weight excluding hydrogens is 356 g/mol. The molecule has 2 heterocycles. The molecule has 0 atom stereocenters. The van der Waals surface area contributed by atoms with Gasteiger partial charge in [0.2, 0.25) is 0 Å². The highest BCUT2D eigenvalue weighted by Crippen LogP contribution is 2.35. The molecule has 2 nitrogen and oxygen atoms in total. The molecule has 5 rings (SSSR count). The Morgan fingerprint density at radius 1 is 0.615 bits per heavy atom. The number of hydrogen-bond acceptors (Lipinski definition) is 4. The maximum atomic E-state index is 4.85. The summed E-state index contributed by atoms with van der Waals surface area (Å²) in [7, 11) is 0.